The summed E-state index contributed by atoms with van der Waals surface area (Å²) in [5.41, 5.74) is 9.97. The van der Waals surface area contributed by atoms with Gasteiger partial charge in [0.25, 0.3) is 0 Å². The number of anilines is 2. The molecule has 0 radical (unpaired) electrons. The van der Waals surface area contributed by atoms with E-state index in [9.17, 15) is 8.78 Å². The fourth-order valence-corrected chi connectivity index (χ4v) is 4.47. The first-order valence-corrected chi connectivity index (χ1v) is 13.0. The summed E-state index contributed by atoms with van der Waals surface area (Å²) in [6.07, 6.45) is 9.25. The zero-order chi connectivity index (χ0) is 28.5. The maximum atomic E-state index is 13.9. The third kappa shape index (κ3) is 6.18. The molecule has 0 bridgehead atoms. The highest BCUT2D eigenvalue weighted by atomic mass is 35.5. The number of hydrazine groups is 2. The molecule has 206 valence electrons. The molecule has 3 heterocycles. The Morgan fingerprint density at radius 1 is 1.21 bits per heavy atom. The minimum absolute atomic E-state index is 0.00615. The summed E-state index contributed by atoms with van der Waals surface area (Å²) in [6.45, 7) is 11.8. The minimum atomic E-state index is -0.799. The first-order chi connectivity index (χ1) is 18.3. The molecule has 0 saturated heterocycles. The number of benzene rings is 1. The predicted octanol–water partition coefficient (Wildman–Crippen LogP) is 6.24. The predicted molar refractivity (Wildman–Crippen MR) is 154 cm³/mol. The van der Waals surface area contributed by atoms with E-state index in [4.69, 9.17) is 18.0 Å². The Morgan fingerprint density at radius 2 is 1.95 bits per heavy atom. The van der Waals surface area contributed by atoms with Crippen molar-refractivity contribution in [3.8, 4) is 12.3 Å². The third-order valence-corrected chi connectivity index (χ3v) is 6.76. The molecule has 2 aromatic heterocycles. The standard InChI is InChI=1S/C29H34ClF2N7/c1-8-18-13-33-26-21(25(18)34-16-28(3,4)5)11-19(12-22(26)30)36-27(20-9-10-24(32)35-17(20)2)23-14-39(38-37-23)29(6,7)15-31/h1,9-14,27,36-38H,15-16H2,2-7H3,(H,33,34)/t27-/m0/s1. The molecule has 39 heavy (non-hydrogen) atoms. The number of halogens is 3. The van der Waals surface area contributed by atoms with Gasteiger partial charge in [0.2, 0.25) is 5.95 Å². The van der Waals surface area contributed by atoms with E-state index < -0.39 is 24.2 Å². The van der Waals surface area contributed by atoms with Gasteiger partial charge in [0, 0.05) is 41.3 Å². The van der Waals surface area contributed by atoms with Crippen LogP contribution in [0.5, 0.6) is 0 Å². The van der Waals surface area contributed by atoms with E-state index in [2.05, 4.69) is 58.3 Å². The molecular weight excluding hydrogens is 520 g/mol. The quantitative estimate of drug-likeness (QED) is 0.194. The molecule has 0 fully saturated rings. The van der Waals surface area contributed by atoms with Gasteiger partial charge in [-0.05, 0) is 44.4 Å². The summed E-state index contributed by atoms with van der Waals surface area (Å²) in [5.74, 6) is 2.14. The van der Waals surface area contributed by atoms with Crippen molar-refractivity contribution < 1.29 is 8.78 Å². The number of rotatable bonds is 8. The molecule has 4 rings (SSSR count). The van der Waals surface area contributed by atoms with Crippen molar-refractivity contribution in [2.75, 3.05) is 23.9 Å². The van der Waals surface area contributed by atoms with E-state index in [1.165, 1.54) is 6.07 Å². The van der Waals surface area contributed by atoms with Crippen LogP contribution in [-0.2, 0) is 0 Å². The molecule has 3 aromatic rings. The number of terminal acetylenes is 1. The molecule has 0 amide bonds. The average Bonchev–Trinajstić information content (AvgIpc) is 3.37. The second-order valence-electron chi connectivity index (χ2n) is 11.5. The number of fused-ring (bicyclic) bond motifs is 1. The zero-order valence-electron chi connectivity index (χ0n) is 23.0. The molecule has 1 aliphatic heterocycles. The van der Waals surface area contributed by atoms with Crippen molar-refractivity contribution in [2.24, 2.45) is 5.41 Å². The Kier molecular flexibility index (Phi) is 7.92. The molecule has 0 spiro atoms. The molecule has 7 nitrogen and oxygen atoms in total. The summed E-state index contributed by atoms with van der Waals surface area (Å²) >= 11 is 6.73. The first kappa shape index (κ1) is 28.4. The van der Waals surface area contributed by atoms with E-state index in [0.717, 1.165) is 16.6 Å². The van der Waals surface area contributed by atoms with E-state index in [1.54, 1.807) is 50.3 Å². The highest BCUT2D eigenvalue weighted by Crippen LogP contribution is 2.37. The van der Waals surface area contributed by atoms with Crippen molar-refractivity contribution in [3.05, 3.63) is 70.2 Å². The largest absolute Gasteiger partial charge is 0.383 e. The fourth-order valence-electron chi connectivity index (χ4n) is 4.20. The van der Waals surface area contributed by atoms with Crippen LogP contribution < -0.4 is 21.6 Å². The van der Waals surface area contributed by atoms with E-state index in [0.29, 0.717) is 39.7 Å². The van der Waals surface area contributed by atoms with Crippen molar-refractivity contribution in [1.29, 1.82) is 0 Å². The number of hydrogen-bond donors (Lipinski definition) is 4. The minimum Gasteiger partial charge on any atom is -0.383 e. The van der Waals surface area contributed by atoms with Crippen LogP contribution in [0, 0.1) is 30.6 Å². The highest BCUT2D eigenvalue weighted by molar-refractivity contribution is 6.35. The molecule has 10 heteroatoms. The van der Waals surface area contributed by atoms with Crippen molar-refractivity contribution in [1.82, 2.24) is 25.9 Å². The van der Waals surface area contributed by atoms with Gasteiger partial charge in [-0.1, -0.05) is 44.4 Å². The number of nitrogens with zero attached hydrogens (tertiary/aromatic N) is 3. The highest BCUT2D eigenvalue weighted by Gasteiger charge is 2.32. The Morgan fingerprint density at radius 3 is 2.59 bits per heavy atom. The van der Waals surface area contributed by atoms with Crippen LogP contribution in [0.15, 0.2) is 42.4 Å². The monoisotopic (exact) mass is 553 g/mol. The van der Waals surface area contributed by atoms with Crippen LogP contribution in [0.2, 0.25) is 5.02 Å². The van der Waals surface area contributed by atoms with E-state index in [-0.39, 0.29) is 5.41 Å². The number of pyridine rings is 2. The van der Waals surface area contributed by atoms with Gasteiger partial charge in [-0.15, -0.1) is 12.0 Å². The van der Waals surface area contributed by atoms with Gasteiger partial charge < -0.3 is 16.1 Å². The van der Waals surface area contributed by atoms with E-state index >= 15 is 0 Å². The molecule has 1 atom stereocenters. The summed E-state index contributed by atoms with van der Waals surface area (Å²) < 4.78 is 27.6. The SMILES string of the molecule is C#Cc1cnc2c(Cl)cc(N[C@H](C3=CN(C(C)(C)CF)NN3)c3ccc(F)nc3C)cc2c1NCC(C)(C)C. The summed E-state index contributed by atoms with van der Waals surface area (Å²) in [7, 11) is 0. The van der Waals surface area contributed by atoms with Crippen LogP contribution >= 0.6 is 11.6 Å². The summed E-state index contributed by atoms with van der Waals surface area (Å²) in [5, 5.41) is 9.87. The molecular formula is C29H34ClF2N7. The van der Waals surface area contributed by atoms with Crippen molar-refractivity contribution >= 4 is 33.9 Å². The first-order valence-electron chi connectivity index (χ1n) is 12.6. The van der Waals surface area contributed by atoms with Crippen LogP contribution in [-0.4, -0.2) is 33.7 Å². The molecule has 1 aliphatic rings. The number of hydrogen-bond acceptors (Lipinski definition) is 7. The van der Waals surface area contributed by atoms with Gasteiger partial charge in [0.1, 0.15) is 6.67 Å². The van der Waals surface area contributed by atoms with Crippen LogP contribution in [0.3, 0.4) is 0 Å². The van der Waals surface area contributed by atoms with Crippen LogP contribution in [0.4, 0.5) is 20.2 Å². The van der Waals surface area contributed by atoms with Crippen molar-refractivity contribution in [3.63, 3.8) is 0 Å². The summed E-state index contributed by atoms with van der Waals surface area (Å²) in [4.78, 5) is 8.53. The molecule has 1 aromatic carbocycles. The number of aryl methyl sites for hydroxylation is 1. The van der Waals surface area contributed by atoms with Gasteiger partial charge in [-0.2, -0.15) is 4.39 Å². The molecule has 0 unspecified atom stereocenters. The van der Waals surface area contributed by atoms with Gasteiger partial charge in [0.05, 0.1) is 39.1 Å². The number of aromatic nitrogens is 2. The Hall–Kier alpha value is -3.61. The van der Waals surface area contributed by atoms with Gasteiger partial charge in [-0.25, -0.2) is 9.37 Å². The second kappa shape index (κ2) is 10.9. The maximum absolute atomic E-state index is 13.9. The fraction of sp³-hybridized carbons (Fsp3) is 0.379. The van der Waals surface area contributed by atoms with Crippen molar-refractivity contribution in [2.45, 2.75) is 53.1 Å². The Bertz CT molecular complexity index is 1460. The average molecular weight is 554 g/mol. The maximum Gasteiger partial charge on any atom is 0.213 e. The van der Waals surface area contributed by atoms with E-state index in [1.807, 2.05) is 6.07 Å². The summed E-state index contributed by atoms with van der Waals surface area (Å²) in [6, 6.07) is 6.21. The van der Waals surface area contributed by atoms with Gasteiger partial charge >= 0.3 is 0 Å². The second-order valence-corrected chi connectivity index (χ2v) is 11.9. The Labute approximate surface area is 233 Å². The van der Waals surface area contributed by atoms with Crippen LogP contribution in [0.1, 0.15) is 57.5 Å². The topological polar surface area (TPSA) is 77.1 Å². The lowest BCUT2D eigenvalue weighted by molar-refractivity contribution is 0.0936. The number of nitrogens with one attached hydrogen (secondary N) is 4. The third-order valence-electron chi connectivity index (χ3n) is 6.47. The van der Waals surface area contributed by atoms with Gasteiger partial charge in [0.15, 0.2) is 0 Å². The van der Waals surface area contributed by atoms with Gasteiger partial charge in [-0.3, -0.25) is 9.99 Å². The Balaban J connectivity index is 1.82. The lowest BCUT2D eigenvalue weighted by atomic mass is 9.96. The lowest BCUT2D eigenvalue weighted by Crippen LogP contribution is -2.50. The molecule has 4 N–H and O–H groups in total. The lowest BCUT2D eigenvalue weighted by Gasteiger charge is -2.31. The molecule has 0 aliphatic carbocycles. The normalized spacial score (nSPS) is 14.6. The zero-order valence-corrected chi connectivity index (χ0v) is 23.8. The smallest absolute Gasteiger partial charge is 0.213 e. The molecule has 0 saturated carbocycles. The van der Waals surface area contributed by atoms with Crippen LogP contribution in [0.25, 0.3) is 10.9 Å². The number of alkyl halides is 1.